The summed E-state index contributed by atoms with van der Waals surface area (Å²) in [7, 11) is 0. The second kappa shape index (κ2) is 7.08. The zero-order valence-electron chi connectivity index (χ0n) is 14.6. The van der Waals surface area contributed by atoms with Gasteiger partial charge >= 0.3 is 5.97 Å². The molecule has 1 fully saturated rings. The van der Waals surface area contributed by atoms with E-state index in [9.17, 15) is 9.90 Å². The fourth-order valence-corrected chi connectivity index (χ4v) is 4.75. The first-order chi connectivity index (χ1) is 11.5. The summed E-state index contributed by atoms with van der Waals surface area (Å²) in [6.45, 7) is 7.98. The Labute approximate surface area is 147 Å². The Hall–Kier alpha value is -1.65. The fraction of sp³-hybridized carbons (Fsp3) is 0.450. The molecular weight excluding hydrogens is 318 g/mol. The highest BCUT2D eigenvalue weighted by molar-refractivity contribution is 7.10. The molecule has 0 aliphatic carbocycles. The van der Waals surface area contributed by atoms with Crippen LogP contribution >= 0.6 is 11.3 Å². The number of benzene rings is 1. The van der Waals surface area contributed by atoms with Crippen LogP contribution < -0.4 is 0 Å². The Kier molecular flexibility index (Phi) is 5.07. The van der Waals surface area contributed by atoms with Crippen LogP contribution in [0.15, 0.2) is 29.6 Å². The van der Waals surface area contributed by atoms with Gasteiger partial charge < -0.3 is 5.11 Å². The Balaban J connectivity index is 2.00. The summed E-state index contributed by atoms with van der Waals surface area (Å²) in [6.07, 6.45) is 1.73. The number of thiophene rings is 1. The molecule has 3 rings (SSSR count). The lowest BCUT2D eigenvalue weighted by Crippen LogP contribution is -2.41. The van der Waals surface area contributed by atoms with Crippen LogP contribution in [-0.4, -0.2) is 29.1 Å². The minimum absolute atomic E-state index is 0.159. The molecule has 2 atom stereocenters. The van der Waals surface area contributed by atoms with Gasteiger partial charge in [-0.15, -0.1) is 11.3 Å². The van der Waals surface area contributed by atoms with E-state index >= 15 is 0 Å². The molecule has 1 saturated heterocycles. The van der Waals surface area contributed by atoms with Crippen LogP contribution in [0.1, 0.15) is 46.0 Å². The highest BCUT2D eigenvalue weighted by Crippen LogP contribution is 2.37. The fourth-order valence-electron chi connectivity index (χ4n) is 3.70. The van der Waals surface area contributed by atoms with Crippen LogP contribution in [0.2, 0.25) is 0 Å². The molecule has 1 aliphatic heterocycles. The topological polar surface area (TPSA) is 40.5 Å². The molecule has 2 heterocycles. The standard InChI is InChI=1S/C20H25NO2S/c1-13-6-7-17(15(3)9-13)19(18-10-14(2)12-24-18)21-8-4-5-16(11-21)20(22)23/h6-7,9-10,12,16,19H,4-5,8,11H2,1-3H3,(H,22,23). The number of rotatable bonds is 4. The molecule has 2 aromatic rings. The molecule has 4 heteroatoms. The van der Waals surface area contributed by atoms with Crippen molar-refractivity contribution in [2.45, 2.75) is 39.7 Å². The molecule has 0 amide bonds. The highest BCUT2D eigenvalue weighted by atomic mass is 32.1. The van der Waals surface area contributed by atoms with Crippen LogP contribution in [0.25, 0.3) is 0 Å². The lowest BCUT2D eigenvalue weighted by Gasteiger charge is -2.37. The van der Waals surface area contributed by atoms with E-state index < -0.39 is 5.97 Å². The van der Waals surface area contributed by atoms with Gasteiger partial charge in [0.1, 0.15) is 0 Å². The third kappa shape index (κ3) is 3.55. The van der Waals surface area contributed by atoms with Gasteiger partial charge in [0.2, 0.25) is 0 Å². The third-order valence-corrected chi connectivity index (χ3v) is 6.01. The number of carboxylic acid groups (broad SMARTS) is 1. The zero-order valence-corrected chi connectivity index (χ0v) is 15.4. The maximum atomic E-state index is 11.5. The zero-order chi connectivity index (χ0) is 17.3. The number of hydrogen-bond acceptors (Lipinski definition) is 3. The second-order valence-corrected chi connectivity index (χ2v) is 7.90. The summed E-state index contributed by atoms with van der Waals surface area (Å²) in [4.78, 5) is 15.2. The lowest BCUT2D eigenvalue weighted by atomic mass is 9.92. The van der Waals surface area contributed by atoms with E-state index in [4.69, 9.17) is 0 Å². The summed E-state index contributed by atoms with van der Waals surface area (Å²) in [6, 6.07) is 9.01. The molecule has 1 N–H and O–H groups in total. The number of aliphatic carboxylic acids is 1. The first-order valence-corrected chi connectivity index (χ1v) is 9.42. The van der Waals surface area contributed by atoms with Gasteiger partial charge in [0.25, 0.3) is 0 Å². The maximum absolute atomic E-state index is 11.5. The number of aryl methyl sites for hydroxylation is 3. The number of nitrogens with zero attached hydrogens (tertiary/aromatic N) is 1. The van der Waals surface area contributed by atoms with Gasteiger partial charge in [-0.25, -0.2) is 0 Å². The molecule has 24 heavy (non-hydrogen) atoms. The van der Waals surface area contributed by atoms with Crippen molar-refractivity contribution in [2.24, 2.45) is 5.92 Å². The van der Waals surface area contributed by atoms with E-state index in [1.807, 2.05) is 0 Å². The molecule has 2 unspecified atom stereocenters. The van der Waals surface area contributed by atoms with Gasteiger partial charge in [0, 0.05) is 11.4 Å². The Morgan fingerprint density at radius 1 is 1.25 bits per heavy atom. The van der Waals surface area contributed by atoms with Crippen molar-refractivity contribution < 1.29 is 9.90 Å². The molecule has 1 aliphatic rings. The molecular formula is C20H25NO2S. The largest absolute Gasteiger partial charge is 0.481 e. The van der Waals surface area contributed by atoms with Gasteiger partial charge in [0.05, 0.1) is 12.0 Å². The minimum atomic E-state index is -0.665. The normalized spacial score (nSPS) is 20.0. The van der Waals surface area contributed by atoms with Crippen molar-refractivity contribution in [1.82, 2.24) is 4.90 Å². The average Bonchev–Trinajstić information content (AvgIpc) is 2.96. The average molecular weight is 343 g/mol. The molecule has 0 radical (unpaired) electrons. The van der Waals surface area contributed by atoms with Crippen LogP contribution in [0.4, 0.5) is 0 Å². The predicted octanol–water partition coefficient (Wildman–Crippen LogP) is 4.56. The van der Waals surface area contributed by atoms with Gasteiger partial charge in [-0.2, -0.15) is 0 Å². The molecule has 1 aromatic carbocycles. The number of carbonyl (C=O) groups is 1. The summed E-state index contributed by atoms with van der Waals surface area (Å²) >= 11 is 1.78. The second-order valence-electron chi connectivity index (χ2n) is 6.96. The summed E-state index contributed by atoms with van der Waals surface area (Å²) in [5.41, 5.74) is 5.12. The van der Waals surface area contributed by atoms with E-state index in [0.29, 0.717) is 6.54 Å². The predicted molar refractivity (Wildman–Crippen MR) is 98.7 cm³/mol. The number of piperidine rings is 1. The van der Waals surface area contributed by atoms with Gasteiger partial charge in [-0.3, -0.25) is 9.69 Å². The smallest absolute Gasteiger partial charge is 0.307 e. The highest BCUT2D eigenvalue weighted by Gasteiger charge is 2.32. The number of hydrogen-bond donors (Lipinski definition) is 1. The Morgan fingerprint density at radius 3 is 2.67 bits per heavy atom. The van der Waals surface area contributed by atoms with Crippen molar-refractivity contribution >= 4 is 17.3 Å². The molecule has 0 bridgehead atoms. The molecule has 3 nitrogen and oxygen atoms in total. The Morgan fingerprint density at radius 2 is 2.04 bits per heavy atom. The van der Waals surface area contributed by atoms with Crippen LogP contribution in [0.3, 0.4) is 0 Å². The monoisotopic (exact) mass is 343 g/mol. The van der Waals surface area contributed by atoms with Crippen molar-refractivity contribution in [3.8, 4) is 0 Å². The van der Waals surface area contributed by atoms with Crippen molar-refractivity contribution in [3.63, 3.8) is 0 Å². The SMILES string of the molecule is Cc1csc(C(c2ccc(C)cc2C)N2CCCC(C(=O)O)C2)c1. The molecule has 128 valence electrons. The van der Waals surface area contributed by atoms with E-state index in [0.717, 1.165) is 19.4 Å². The van der Waals surface area contributed by atoms with E-state index in [1.165, 1.54) is 27.1 Å². The van der Waals surface area contributed by atoms with E-state index in [-0.39, 0.29) is 12.0 Å². The van der Waals surface area contributed by atoms with Crippen LogP contribution in [-0.2, 0) is 4.79 Å². The maximum Gasteiger partial charge on any atom is 0.307 e. The molecule has 1 aromatic heterocycles. The van der Waals surface area contributed by atoms with Crippen molar-refractivity contribution in [1.29, 1.82) is 0 Å². The van der Waals surface area contributed by atoms with Gasteiger partial charge in [-0.05, 0) is 68.3 Å². The van der Waals surface area contributed by atoms with Crippen molar-refractivity contribution in [3.05, 3.63) is 56.8 Å². The number of likely N-dealkylation sites (tertiary alicyclic amines) is 1. The van der Waals surface area contributed by atoms with Crippen molar-refractivity contribution in [2.75, 3.05) is 13.1 Å². The number of carboxylic acids is 1. The van der Waals surface area contributed by atoms with Crippen LogP contribution in [0, 0.1) is 26.7 Å². The third-order valence-electron chi connectivity index (χ3n) is 4.91. The lowest BCUT2D eigenvalue weighted by molar-refractivity contribution is -0.143. The van der Waals surface area contributed by atoms with E-state index in [1.54, 1.807) is 11.3 Å². The van der Waals surface area contributed by atoms with Crippen LogP contribution in [0.5, 0.6) is 0 Å². The minimum Gasteiger partial charge on any atom is -0.481 e. The summed E-state index contributed by atoms with van der Waals surface area (Å²) < 4.78 is 0. The Bertz CT molecular complexity index is 737. The summed E-state index contributed by atoms with van der Waals surface area (Å²) in [5, 5.41) is 11.6. The first-order valence-electron chi connectivity index (χ1n) is 8.54. The van der Waals surface area contributed by atoms with E-state index in [2.05, 4.69) is 55.3 Å². The molecule has 0 spiro atoms. The van der Waals surface area contributed by atoms with Gasteiger partial charge in [-0.1, -0.05) is 23.8 Å². The quantitative estimate of drug-likeness (QED) is 0.885. The molecule has 0 saturated carbocycles. The first kappa shape index (κ1) is 17.2. The van der Waals surface area contributed by atoms with Gasteiger partial charge in [0.15, 0.2) is 0 Å². The summed E-state index contributed by atoms with van der Waals surface area (Å²) in [5.74, 6) is -0.922.